The van der Waals surface area contributed by atoms with Crippen LogP contribution in [0.5, 0.6) is 0 Å². The molecule has 1 aromatic heterocycles. The van der Waals surface area contributed by atoms with Crippen LogP contribution in [0.1, 0.15) is 50.7 Å². The highest BCUT2D eigenvalue weighted by atomic mass is 32.1. The SMILES string of the molecule is Cc1nc(N)sc1C(C)NCCC(C)(C)C. The monoisotopic (exact) mass is 241 g/mol. The van der Waals surface area contributed by atoms with Gasteiger partial charge in [-0.05, 0) is 32.2 Å². The second-order valence-corrected chi connectivity index (χ2v) is 6.55. The Bertz CT molecular complexity index is 339. The lowest BCUT2D eigenvalue weighted by atomic mass is 9.92. The van der Waals surface area contributed by atoms with Gasteiger partial charge in [-0.15, -0.1) is 11.3 Å². The summed E-state index contributed by atoms with van der Waals surface area (Å²) in [5.74, 6) is 0. The smallest absolute Gasteiger partial charge is 0.180 e. The zero-order chi connectivity index (χ0) is 12.3. The van der Waals surface area contributed by atoms with Gasteiger partial charge in [0.15, 0.2) is 5.13 Å². The first-order valence-corrected chi connectivity index (χ1v) is 6.57. The minimum absolute atomic E-state index is 0.345. The molecule has 1 aromatic rings. The van der Waals surface area contributed by atoms with Crippen molar-refractivity contribution in [1.82, 2.24) is 10.3 Å². The minimum atomic E-state index is 0.345. The van der Waals surface area contributed by atoms with Crippen molar-refractivity contribution in [3.63, 3.8) is 0 Å². The van der Waals surface area contributed by atoms with E-state index in [9.17, 15) is 0 Å². The zero-order valence-corrected chi connectivity index (χ0v) is 11.7. The van der Waals surface area contributed by atoms with Crippen molar-refractivity contribution in [2.45, 2.75) is 47.1 Å². The summed E-state index contributed by atoms with van der Waals surface area (Å²) in [7, 11) is 0. The molecule has 3 N–H and O–H groups in total. The average Bonchev–Trinajstić information content (AvgIpc) is 2.43. The number of nitrogen functional groups attached to an aromatic ring is 1. The lowest BCUT2D eigenvalue weighted by Crippen LogP contribution is -2.23. The first-order chi connectivity index (χ1) is 7.29. The van der Waals surface area contributed by atoms with E-state index in [1.807, 2.05) is 6.92 Å². The predicted octanol–water partition coefficient (Wildman–Crippen LogP) is 3.12. The fourth-order valence-corrected chi connectivity index (χ4v) is 2.45. The highest BCUT2D eigenvalue weighted by Gasteiger charge is 2.14. The standard InChI is InChI=1S/C12H23N3S/c1-8(14-7-6-12(3,4)5)10-9(2)15-11(13)16-10/h8,14H,6-7H2,1-5H3,(H2,13,15). The summed E-state index contributed by atoms with van der Waals surface area (Å²) in [6, 6.07) is 0.345. The molecule has 0 radical (unpaired) electrons. The summed E-state index contributed by atoms with van der Waals surface area (Å²) in [4.78, 5) is 5.50. The molecule has 1 atom stereocenters. The van der Waals surface area contributed by atoms with E-state index in [1.165, 1.54) is 11.3 Å². The molecule has 16 heavy (non-hydrogen) atoms. The van der Waals surface area contributed by atoms with E-state index < -0.39 is 0 Å². The molecule has 92 valence electrons. The van der Waals surface area contributed by atoms with Crippen molar-refractivity contribution in [1.29, 1.82) is 0 Å². The van der Waals surface area contributed by atoms with Crippen LogP contribution in [0.2, 0.25) is 0 Å². The summed E-state index contributed by atoms with van der Waals surface area (Å²) in [5.41, 5.74) is 7.13. The van der Waals surface area contributed by atoms with Gasteiger partial charge in [0.05, 0.1) is 5.69 Å². The average molecular weight is 241 g/mol. The number of nitrogens with two attached hydrogens (primary N) is 1. The largest absolute Gasteiger partial charge is 0.375 e. The van der Waals surface area contributed by atoms with E-state index in [0.717, 1.165) is 12.2 Å². The molecule has 0 aromatic carbocycles. The third-order valence-corrected chi connectivity index (χ3v) is 3.74. The first-order valence-electron chi connectivity index (χ1n) is 5.76. The van der Waals surface area contributed by atoms with Crippen LogP contribution < -0.4 is 11.1 Å². The number of nitrogens with one attached hydrogen (secondary N) is 1. The molecule has 0 saturated carbocycles. The Balaban J connectivity index is 2.47. The molecule has 1 rings (SSSR count). The van der Waals surface area contributed by atoms with Crippen molar-refractivity contribution in [3.05, 3.63) is 10.6 Å². The molecule has 0 aliphatic heterocycles. The Morgan fingerprint density at radius 2 is 2.06 bits per heavy atom. The quantitative estimate of drug-likeness (QED) is 0.851. The van der Waals surface area contributed by atoms with Gasteiger partial charge in [-0.25, -0.2) is 4.98 Å². The maximum atomic E-state index is 5.69. The number of rotatable bonds is 4. The van der Waals surface area contributed by atoms with Crippen LogP contribution in [0.4, 0.5) is 5.13 Å². The van der Waals surface area contributed by atoms with Crippen molar-refractivity contribution in [2.75, 3.05) is 12.3 Å². The van der Waals surface area contributed by atoms with Gasteiger partial charge >= 0.3 is 0 Å². The van der Waals surface area contributed by atoms with Gasteiger partial charge in [0.25, 0.3) is 0 Å². The molecule has 0 saturated heterocycles. The number of hydrogen-bond acceptors (Lipinski definition) is 4. The molecule has 4 heteroatoms. The lowest BCUT2D eigenvalue weighted by Gasteiger charge is -2.20. The second kappa shape index (κ2) is 5.15. The van der Waals surface area contributed by atoms with Gasteiger partial charge in [0.1, 0.15) is 0 Å². The number of aryl methyl sites for hydroxylation is 1. The van der Waals surface area contributed by atoms with Gasteiger partial charge in [-0.2, -0.15) is 0 Å². The molecule has 1 heterocycles. The Morgan fingerprint density at radius 3 is 2.50 bits per heavy atom. The first kappa shape index (κ1) is 13.5. The minimum Gasteiger partial charge on any atom is -0.375 e. The Hall–Kier alpha value is -0.610. The van der Waals surface area contributed by atoms with Crippen molar-refractivity contribution in [3.8, 4) is 0 Å². The molecule has 0 amide bonds. The molecule has 0 bridgehead atoms. The molecule has 3 nitrogen and oxygen atoms in total. The van der Waals surface area contributed by atoms with Crippen molar-refractivity contribution >= 4 is 16.5 Å². The van der Waals surface area contributed by atoms with E-state index in [0.29, 0.717) is 16.6 Å². The third-order valence-electron chi connectivity index (χ3n) is 2.57. The van der Waals surface area contributed by atoms with Crippen molar-refractivity contribution < 1.29 is 0 Å². The maximum absolute atomic E-state index is 5.69. The van der Waals surface area contributed by atoms with Crippen LogP contribution in [0.25, 0.3) is 0 Å². The molecular weight excluding hydrogens is 218 g/mol. The van der Waals surface area contributed by atoms with Crippen LogP contribution in [-0.2, 0) is 0 Å². The van der Waals surface area contributed by atoms with E-state index in [-0.39, 0.29) is 0 Å². The molecular formula is C12H23N3S. The molecule has 1 unspecified atom stereocenters. The van der Waals surface area contributed by atoms with Crippen LogP contribution in [-0.4, -0.2) is 11.5 Å². The van der Waals surface area contributed by atoms with E-state index in [2.05, 4.69) is 38.0 Å². The Kier molecular flexibility index (Phi) is 4.33. The van der Waals surface area contributed by atoms with Gasteiger partial charge in [0, 0.05) is 10.9 Å². The third kappa shape index (κ3) is 4.10. The number of anilines is 1. The highest BCUT2D eigenvalue weighted by molar-refractivity contribution is 7.15. The van der Waals surface area contributed by atoms with Crippen LogP contribution in [0.15, 0.2) is 0 Å². The van der Waals surface area contributed by atoms with E-state index in [1.54, 1.807) is 11.3 Å². The fraction of sp³-hybridized carbons (Fsp3) is 0.750. The van der Waals surface area contributed by atoms with Gasteiger partial charge in [-0.1, -0.05) is 20.8 Å². The Labute approximate surface area is 102 Å². The predicted molar refractivity (Wildman–Crippen MR) is 71.8 cm³/mol. The second-order valence-electron chi connectivity index (χ2n) is 5.49. The van der Waals surface area contributed by atoms with Crippen LogP contribution >= 0.6 is 11.3 Å². The van der Waals surface area contributed by atoms with Gasteiger partial charge < -0.3 is 11.1 Å². The van der Waals surface area contributed by atoms with Gasteiger partial charge in [-0.3, -0.25) is 0 Å². The lowest BCUT2D eigenvalue weighted by molar-refractivity contribution is 0.358. The number of hydrogen-bond donors (Lipinski definition) is 2. The maximum Gasteiger partial charge on any atom is 0.180 e. The van der Waals surface area contributed by atoms with Crippen LogP contribution in [0, 0.1) is 12.3 Å². The molecule has 0 aliphatic rings. The van der Waals surface area contributed by atoms with Crippen molar-refractivity contribution in [2.24, 2.45) is 5.41 Å². The normalized spacial score (nSPS) is 14.1. The zero-order valence-electron chi connectivity index (χ0n) is 10.9. The molecule has 0 spiro atoms. The molecule has 0 aliphatic carbocycles. The summed E-state index contributed by atoms with van der Waals surface area (Å²) in [6.45, 7) is 12.0. The summed E-state index contributed by atoms with van der Waals surface area (Å²) in [5, 5.41) is 4.19. The number of aromatic nitrogens is 1. The van der Waals surface area contributed by atoms with Gasteiger partial charge in [0.2, 0.25) is 0 Å². The van der Waals surface area contributed by atoms with E-state index >= 15 is 0 Å². The summed E-state index contributed by atoms with van der Waals surface area (Å²) < 4.78 is 0. The van der Waals surface area contributed by atoms with Crippen LogP contribution in [0.3, 0.4) is 0 Å². The fourth-order valence-electron chi connectivity index (χ4n) is 1.59. The Morgan fingerprint density at radius 1 is 1.44 bits per heavy atom. The number of thiazole rings is 1. The number of nitrogens with zero attached hydrogens (tertiary/aromatic N) is 1. The summed E-state index contributed by atoms with van der Waals surface area (Å²) in [6.07, 6.45) is 1.17. The molecule has 0 fully saturated rings. The highest BCUT2D eigenvalue weighted by Crippen LogP contribution is 2.26. The van der Waals surface area contributed by atoms with E-state index in [4.69, 9.17) is 5.73 Å². The topological polar surface area (TPSA) is 50.9 Å². The summed E-state index contributed by atoms with van der Waals surface area (Å²) >= 11 is 1.58.